The van der Waals surface area contributed by atoms with Crippen molar-refractivity contribution in [3.05, 3.63) is 32.3 Å². The molecule has 7 heteroatoms. The number of halogens is 2. The smallest absolute Gasteiger partial charge is 0.272 e. The van der Waals surface area contributed by atoms with E-state index in [1.54, 1.807) is 0 Å². The molecular formula is C11H13Cl2N3O2. The molecule has 2 atom stereocenters. The molecular weight excluding hydrogens is 277 g/mol. The molecule has 0 spiro atoms. The fourth-order valence-electron chi connectivity index (χ4n) is 2.16. The van der Waals surface area contributed by atoms with Crippen molar-refractivity contribution in [1.29, 1.82) is 0 Å². The molecule has 5 nitrogen and oxygen atoms in total. The van der Waals surface area contributed by atoms with Crippen molar-refractivity contribution in [3.63, 3.8) is 0 Å². The van der Waals surface area contributed by atoms with Crippen LogP contribution in [0.5, 0.6) is 0 Å². The fraction of sp³-hybridized carbons (Fsp3) is 0.455. The van der Waals surface area contributed by atoms with Crippen LogP contribution in [0.3, 0.4) is 0 Å². The Morgan fingerprint density at radius 1 is 1.33 bits per heavy atom. The molecule has 0 aromatic heterocycles. The molecule has 1 aliphatic rings. The summed E-state index contributed by atoms with van der Waals surface area (Å²) in [7, 11) is 0. The van der Waals surface area contributed by atoms with E-state index in [2.05, 4.69) is 5.32 Å². The Bertz CT molecular complexity index is 458. The number of nitrogens with two attached hydrogens (primary N) is 1. The Labute approximate surface area is 114 Å². The number of non-ortho nitro benzene ring substituents is 1. The summed E-state index contributed by atoms with van der Waals surface area (Å²) in [5, 5.41) is 14.3. The molecule has 2 rings (SSSR count). The van der Waals surface area contributed by atoms with E-state index in [0.29, 0.717) is 5.69 Å². The molecule has 1 aromatic rings. The van der Waals surface area contributed by atoms with Crippen molar-refractivity contribution < 1.29 is 4.92 Å². The highest BCUT2D eigenvalue weighted by molar-refractivity contribution is 6.39. The molecule has 0 saturated heterocycles. The number of hydrogen-bond donors (Lipinski definition) is 2. The van der Waals surface area contributed by atoms with E-state index < -0.39 is 4.92 Å². The van der Waals surface area contributed by atoms with E-state index >= 15 is 0 Å². The highest BCUT2D eigenvalue weighted by Gasteiger charge is 2.25. The van der Waals surface area contributed by atoms with E-state index in [-0.39, 0.29) is 27.8 Å². The summed E-state index contributed by atoms with van der Waals surface area (Å²) >= 11 is 12.0. The molecule has 2 unspecified atom stereocenters. The summed E-state index contributed by atoms with van der Waals surface area (Å²) in [6, 6.07) is 2.75. The van der Waals surface area contributed by atoms with Gasteiger partial charge in [-0.1, -0.05) is 23.2 Å². The highest BCUT2D eigenvalue weighted by atomic mass is 35.5. The molecule has 1 fully saturated rings. The Morgan fingerprint density at radius 3 is 2.39 bits per heavy atom. The van der Waals surface area contributed by atoms with Gasteiger partial charge >= 0.3 is 0 Å². The average Bonchev–Trinajstić information content (AvgIpc) is 2.69. The quantitative estimate of drug-likeness (QED) is 0.661. The van der Waals surface area contributed by atoms with Gasteiger partial charge in [-0.3, -0.25) is 10.1 Å². The second kappa shape index (κ2) is 5.30. The van der Waals surface area contributed by atoms with Gasteiger partial charge in [-0.2, -0.15) is 0 Å². The maximum Gasteiger partial charge on any atom is 0.272 e. The van der Waals surface area contributed by atoms with Crippen LogP contribution in [0.2, 0.25) is 10.0 Å². The molecule has 98 valence electrons. The minimum atomic E-state index is -0.525. The van der Waals surface area contributed by atoms with Crippen molar-refractivity contribution >= 4 is 34.6 Å². The molecule has 0 amide bonds. The lowest BCUT2D eigenvalue weighted by atomic mass is 10.1. The zero-order valence-electron chi connectivity index (χ0n) is 9.53. The standard InChI is InChI=1S/C11H13Cl2N3O2/c12-7-4-6(16(17)18)5-8(13)11(7)15-10-3-1-2-9(10)14/h4-5,9-10,15H,1-3,14H2. The van der Waals surface area contributed by atoms with E-state index in [1.165, 1.54) is 12.1 Å². The van der Waals surface area contributed by atoms with Crippen LogP contribution in [-0.2, 0) is 0 Å². The Morgan fingerprint density at radius 2 is 1.94 bits per heavy atom. The molecule has 0 radical (unpaired) electrons. The van der Waals surface area contributed by atoms with Crippen LogP contribution in [0.1, 0.15) is 19.3 Å². The second-order valence-corrected chi connectivity index (χ2v) is 5.20. The van der Waals surface area contributed by atoms with Gasteiger partial charge in [0.05, 0.1) is 20.7 Å². The molecule has 0 bridgehead atoms. The third-order valence-electron chi connectivity index (χ3n) is 3.14. The predicted molar refractivity (Wildman–Crippen MR) is 72.4 cm³/mol. The number of rotatable bonds is 3. The first-order valence-electron chi connectivity index (χ1n) is 5.64. The normalized spacial score (nSPS) is 23.1. The molecule has 0 heterocycles. The number of hydrogen-bond acceptors (Lipinski definition) is 4. The second-order valence-electron chi connectivity index (χ2n) is 4.39. The molecule has 18 heavy (non-hydrogen) atoms. The maximum atomic E-state index is 10.7. The third kappa shape index (κ3) is 2.68. The van der Waals surface area contributed by atoms with Gasteiger partial charge in [0.15, 0.2) is 0 Å². The largest absolute Gasteiger partial charge is 0.378 e. The third-order valence-corrected chi connectivity index (χ3v) is 3.73. The minimum absolute atomic E-state index is 0.0623. The summed E-state index contributed by atoms with van der Waals surface area (Å²) in [5.74, 6) is 0. The van der Waals surface area contributed by atoms with Gasteiger partial charge in [-0.05, 0) is 19.3 Å². The van der Waals surface area contributed by atoms with E-state index in [4.69, 9.17) is 28.9 Å². The van der Waals surface area contributed by atoms with Crippen molar-refractivity contribution in [2.75, 3.05) is 5.32 Å². The predicted octanol–water partition coefficient (Wildman–Crippen LogP) is 3.19. The number of nitro groups is 1. The van der Waals surface area contributed by atoms with Crippen molar-refractivity contribution in [2.45, 2.75) is 31.3 Å². The lowest BCUT2D eigenvalue weighted by molar-refractivity contribution is -0.384. The number of nitrogens with one attached hydrogen (secondary N) is 1. The van der Waals surface area contributed by atoms with Gasteiger partial charge < -0.3 is 11.1 Å². The van der Waals surface area contributed by atoms with E-state index in [0.717, 1.165) is 19.3 Å². The average molecular weight is 290 g/mol. The summed E-state index contributed by atoms with van der Waals surface area (Å²) in [6.07, 6.45) is 2.96. The maximum absolute atomic E-state index is 10.7. The zero-order valence-corrected chi connectivity index (χ0v) is 11.0. The van der Waals surface area contributed by atoms with Crippen LogP contribution < -0.4 is 11.1 Å². The lowest BCUT2D eigenvalue weighted by Crippen LogP contribution is -2.35. The molecule has 1 saturated carbocycles. The van der Waals surface area contributed by atoms with Crippen LogP contribution in [-0.4, -0.2) is 17.0 Å². The SMILES string of the molecule is NC1CCCC1Nc1c(Cl)cc([N+](=O)[O-])cc1Cl. The van der Waals surface area contributed by atoms with Gasteiger partial charge in [0.2, 0.25) is 0 Å². The van der Waals surface area contributed by atoms with Crippen LogP contribution in [0.4, 0.5) is 11.4 Å². The van der Waals surface area contributed by atoms with Gasteiger partial charge in [-0.15, -0.1) is 0 Å². The minimum Gasteiger partial charge on any atom is -0.378 e. The summed E-state index contributed by atoms with van der Waals surface area (Å²) in [4.78, 5) is 10.1. The summed E-state index contributed by atoms with van der Waals surface area (Å²) < 4.78 is 0. The van der Waals surface area contributed by atoms with E-state index in [1.807, 2.05) is 0 Å². The van der Waals surface area contributed by atoms with Gasteiger partial charge in [0.25, 0.3) is 5.69 Å². The van der Waals surface area contributed by atoms with Crippen molar-refractivity contribution in [2.24, 2.45) is 5.73 Å². The molecule has 1 aromatic carbocycles. The first kappa shape index (κ1) is 13.4. The first-order chi connectivity index (χ1) is 8.49. The highest BCUT2D eigenvalue weighted by Crippen LogP contribution is 2.36. The zero-order chi connectivity index (χ0) is 13.3. The van der Waals surface area contributed by atoms with Gasteiger partial charge in [-0.25, -0.2) is 0 Å². The van der Waals surface area contributed by atoms with Crippen molar-refractivity contribution in [3.8, 4) is 0 Å². The number of anilines is 1. The Kier molecular flexibility index (Phi) is 3.94. The molecule has 0 aliphatic heterocycles. The Hall–Kier alpha value is -1.04. The lowest BCUT2D eigenvalue weighted by Gasteiger charge is -2.20. The number of benzene rings is 1. The van der Waals surface area contributed by atoms with Gasteiger partial charge in [0.1, 0.15) is 0 Å². The van der Waals surface area contributed by atoms with Crippen LogP contribution in [0.15, 0.2) is 12.1 Å². The monoisotopic (exact) mass is 289 g/mol. The summed E-state index contributed by atoms with van der Waals surface area (Å²) in [5.41, 5.74) is 6.35. The van der Waals surface area contributed by atoms with Crippen LogP contribution in [0, 0.1) is 10.1 Å². The molecule has 3 N–H and O–H groups in total. The Balaban J connectivity index is 2.25. The van der Waals surface area contributed by atoms with Crippen LogP contribution >= 0.6 is 23.2 Å². The number of nitrogens with zero attached hydrogens (tertiary/aromatic N) is 1. The van der Waals surface area contributed by atoms with Crippen molar-refractivity contribution in [1.82, 2.24) is 0 Å². The molecule has 1 aliphatic carbocycles. The van der Waals surface area contributed by atoms with Gasteiger partial charge in [0, 0.05) is 24.2 Å². The van der Waals surface area contributed by atoms with Crippen LogP contribution in [0.25, 0.3) is 0 Å². The summed E-state index contributed by atoms with van der Waals surface area (Å²) in [6.45, 7) is 0. The fourth-order valence-corrected chi connectivity index (χ4v) is 2.74. The first-order valence-corrected chi connectivity index (χ1v) is 6.40. The topological polar surface area (TPSA) is 81.2 Å². The number of nitro benzene ring substituents is 1. The van der Waals surface area contributed by atoms with E-state index in [9.17, 15) is 10.1 Å².